The average molecular weight is 381 g/mol. The van der Waals surface area contributed by atoms with Gasteiger partial charge in [-0.1, -0.05) is 50.7 Å². The molecule has 0 bridgehead atoms. The van der Waals surface area contributed by atoms with Crippen LogP contribution in [0.15, 0.2) is 24.3 Å². The van der Waals surface area contributed by atoms with Crippen LogP contribution in [0.25, 0.3) is 0 Å². The van der Waals surface area contributed by atoms with E-state index < -0.39 is 0 Å². The van der Waals surface area contributed by atoms with Gasteiger partial charge in [-0.15, -0.1) is 11.6 Å². The SMILES string of the molecule is Fc1ccc(C2(COC(CCCCl)C3CCCCC3)CCCCC2)cc1. The van der Waals surface area contributed by atoms with Crippen molar-refractivity contribution in [1.82, 2.24) is 0 Å². The summed E-state index contributed by atoms with van der Waals surface area (Å²) in [5, 5.41) is 0. The molecule has 0 N–H and O–H groups in total. The molecule has 2 fully saturated rings. The number of rotatable bonds is 8. The molecule has 1 nitrogen and oxygen atoms in total. The molecule has 146 valence electrons. The van der Waals surface area contributed by atoms with Crippen LogP contribution in [0.2, 0.25) is 0 Å². The Bertz CT molecular complexity index is 518. The van der Waals surface area contributed by atoms with Crippen LogP contribution in [-0.4, -0.2) is 18.6 Å². The molecule has 2 saturated carbocycles. The smallest absolute Gasteiger partial charge is 0.123 e. The summed E-state index contributed by atoms with van der Waals surface area (Å²) < 4.78 is 20.1. The van der Waals surface area contributed by atoms with Crippen molar-refractivity contribution in [2.75, 3.05) is 12.5 Å². The molecule has 3 rings (SSSR count). The molecule has 2 aliphatic rings. The second-order valence-electron chi connectivity index (χ2n) is 8.43. The van der Waals surface area contributed by atoms with E-state index in [1.54, 1.807) is 12.1 Å². The maximum atomic E-state index is 13.4. The van der Waals surface area contributed by atoms with Gasteiger partial charge in [0.25, 0.3) is 0 Å². The van der Waals surface area contributed by atoms with Crippen molar-refractivity contribution in [2.45, 2.75) is 88.6 Å². The van der Waals surface area contributed by atoms with Crippen LogP contribution in [-0.2, 0) is 10.2 Å². The first kappa shape index (κ1) is 20.1. The van der Waals surface area contributed by atoms with E-state index in [2.05, 4.69) is 0 Å². The van der Waals surface area contributed by atoms with Gasteiger partial charge in [0.2, 0.25) is 0 Å². The van der Waals surface area contributed by atoms with E-state index in [-0.39, 0.29) is 11.2 Å². The first-order valence-electron chi connectivity index (χ1n) is 10.7. The van der Waals surface area contributed by atoms with E-state index in [4.69, 9.17) is 16.3 Å². The maximum absolute atomic E-state index is 13.4. The lowest BCUT2D eigenvalue weighted by molar-refractivity contribution is -0.0367. The van der Waals surface area contributed by atoms with E-state index in [0.29, 0.717) is 12.0 Å². The number of benzene rings is 1. The van der Waals surface area contributed by atoms with Crippen LogP contribution < -0.4 is 0 Å². The Morgan fingerprint density at radius 3 is 2.31 bits per heavy atom. The minimum absolute atomic E-state index is 0.0693. The zero-order valence-electron chi connectivity index (χ0n) is 16.0. The summed E-state index contributed by atoms with van der Waals surface area (Å²) in [5.74, 6) is 1.26. The van der Waals surface area contributed by atoms with Crippen LogP contribution in [0, 0.1) is 11.7 Å². The summed E-state index contributed by atoms with van der Waals surface area (Å²) in [4.78, 5) is 0. The molecule has 0 saturated heterocycles. The van der Waals surface area contributed by atoms with E-state index in [1.165, 1.54) is 56.9 Å². The maximum Gasteiger partial charge on any atom is 0.123 e. The molecule has 1 atom stereocenters. The summed E-state index contributed by atoms with van der Waals surface area (Å²) in [5.41, 5.74) is 1.33. The monoisotopic (exact) mass is 380 g/mol. The third kappa shape index (κ3) is 5.23. The van der Waals surface area contributed by atoms with Crippen molar-refractivity contribution in [3.63, 3.8) is 0 Å². The van der Waals surface area contributed by atoms with Crippen LogP contribution >= 0.6 is 11.6 Å². The molecule has 1 aromatic carbocycles. The summed E-state index contributed by atoms with van der Waals surface area (Å²) >= 11 is 5.98. The third-order valence-electron chi connectivity index (χ3n) is 6.64. The fourth-order valence-corrected chi connectivity index (χ4v) is 5.21. The number of hydrogen-bond donors (Lipinski definition) is 0. The van der Waals surface area contributed by atoms with E-state index in [0.717, 1.165) is 38.2 Å². The van der Waals surface area contributed by atoms with Crippen LogP contribution in [0.1, 0.15) is 82.6 Å². The molecule has 26 heavy (non-hydrogen) atoms. The van der Waals surface area contributed by atoms with Gasteiger partial charge in [0.15, 0.2) is 0 Å². The summed E-state index contributed by atoms with van der Waals surface area (Å²) in [6.07, 6.45) is 15.2. The Balaban J connectivity index is 1.71. The van der Waals surface area contributed by atoms with Crippen molar-refractivity contribution in [3.8, 4) is 0 Å². The Morgan fingerprint density at radius 1 is 1.00 bits per heavy atom. The third-order valence-corrected chi connectivity index (χ3v) is 6.91. The second-order valence-corrected chi connectivity index (χ2v) is 8.80. The predicted octanol–water partition coefficient (Wildman–Crippen LogP) is 7.01. The van der Waals surface area contributed by atoms with E-state index in [9.17, 15) is 4.39 Å². The first-order chi connectivity index (χ1) is 12.7. The van der Waals surface area contributed by atoms with Gasteiger partial charge < -0.3 is 4.74 Å². The van der Waals surface area contributed by atoms with Crippen molar-refractivity contribution in [1.29, 1.82) is 0 Å². The molecular weight excluding hydrogens is 347 g/mol. The summed E-state index contributed by atoms with van der Waals surface area (Å²) in [6.45, 7) is 0.780. The van der Waals surface area contributed by atoms with Gasteiger partial charge in [-0.3, -0.25) is 0 Å². The normalized spacial score (nSPS) is 22.2. The molecule has 1 aromatic rings. The van der Waals surface area contributed by atoms with Gasteiger partial charge in [-0.05, 0) is 62.1 Å². The van der Waals surface area contributed by atoms with Crippen LogP contribution in [0.5, 0.6) is 0 Å². The predicted molar refractivity (Wildman–Crippen MR) is 107 cm³/mol. The fourth-order valence-electron chi connectivity index (χ4n) is 5.05. The molecule has 0 radical (unpaired) electrons. The number of halogens is 2. The molecule has 0 heterocycles. The van der Waals surface area contributed by atoms with Gasteiger partial charge >= 0.3 is 0 Å². The Hall–Kier alpha value is -0.600. The summed E-state index contributed by atoms with van der Waals surface area (Å²) in [6, 6.07) is 7.19. The summed E-state index contributed by atoms with van der Waals surface area (Å²) in [7, 11) is 0. The molecular formula is C23H34ClFO. The zero-order chi connectivity index (χ0) is 18.2. The van der Waals surface area contributed by atoms with E-state index in [1.807, 2.05) is 12.1 Å². The highest BCUT2D eigenvalue weighted by molar-refractivity contribution is 6.17. The molecule has 1 unspecified atom stereocenters. The minimum atomic E-state index is -0.150. The molecule has 2 aliphatic carbocycles. The van der Waals surface area contributed by atoms with Gasteiger partial charge in [0.1, 0.15) is 5.82 Å². The first-order valence-corrected chi connectivity index (χ1v) is 11.2. The van der Waals surface area contributed by atoms with Gasteiger partial charge in [-0.25, -0.2) is 4.39 Å². The highest BCUT2D eigenvalue weighted by Crippen LogP contribution is 2.41. The molecule has 0 amide bonds. The van der Waals surface area contributed by atoms with Crippen molar-refractivity contribution in [2.24, 2.45) is 5.92 Å². The van der Waals surface area contributed by atoms with E-state index >= 15 is 0 Å². The lowest BCUT2D eigenvalue weighted by atomic mass is 9.70. The van der Waals surface area contributed by atoms with Crippen molar-refractivity contribution < 1.29 is 9.13 Å². The highest BCUT2D eigenvalue weighted by Gasteiger charge is 2.36. The topological polar surface area (TPSA) is 9.23 Å². The highest BCUT2D eigenvalue weighted by atomic mass is 35.5. The van der Waals surface area contributed by atoms with Crippen LogP contribution in [0.3, 0.4) is 0 Å². The lowest BCUT2D eigenvalue weighted by Crippen LogP contribution is -2.38. The molecule has 0 aromatic heterocycles. The molecule has 0 spiro atoms. The fraction of sp³-hybridized carbons (Fsp3) is 0.739. The number of alkyl halides is 1. The Labute approximate surface area is 163 Å². The number of hydrogen-bond acceptors (Lipinski definition) is 1. The quantitative estimate of drug-likeness (QED) is 0.440. The average Bonchev–Trinajstić information content (AvgIpc) is 2.70. The van der Waals surface area contributed by atoms with Gasteiger partial charge in [-0.2, -0.15) is 0 Å². The largest absolute Gasteiger partial charge is 0.377 e. The molecule has 3 heteroatoms. The van der Waals surface area contributed by atoms with Crippen molar-refractivity contribution in [3.05, 3.63) is 35.6 Å². The van der Waals surface area contributed by atoms with Crippen LogP contribution in [0.4, 0.5) is 4.39 Å². The van der Waals surface area contributed by atoms with Gasteiger partial charge in [0.05, 0.1) is 12.7 Å². The second kappa shape index (κ2) is 10.1. The number of ether oxygens (including phenoxy) is 1. The lowest BCUT2D eigenvalue weighted by Gasteiger charge is -2.40. The van der Waals surface area contributed by atoms with Crippen molar-refractivity contribution >= 4 is 11.6 Å². The Morgan fingerprint density at radius 2 is 1.65 bits per heavy atom. The minimum Gasteiger partial charge on any atom is -0.377 e. The molecule has 0 aliphatic heterocycles. The zero-order valence-corrected chi connectivity index (χ0v) is 16.8. The standard InChI is InChI=1S/C23H34ClFO/c24-17-7-10-22(19-8-3-1-4-9-19)26-18-23(15-5-2-6-16-23)20-11-13-21(25)14-12-20/h11-14,19,22H,1-10,15-18H2. The van der Waals surface area contributed by atoms with Gasteiger partial charge in [0, 0.05) is 11.3 Å². The Kier molecular flexibility index (Phi) is 7.81.